The Morgan fingerprint density at radius 1 is 1.60 bits per heavy atom. The Balaban J connectivity index is 1.90. The van der Waals surface area contributed by atoms with Crippen LogP contribution in [0.3, 0.4) is 0 Å². The molecule has 1 unspecified atom stereocenters. The number of carbonyl (C=O) groups is 1. The van der Waals surface area contributed by atoms with Gasteiger partial charge in [-0.05, 0) is 18.1 Å². The van der Waals surface area contributed by atoms with Crippen LogP contribution in [-0.2, 0) is 17.8 Å². The van der Waals surface area contributed by atoms with Crippen LogP contribution in [0.4, 0.5) is 9.18 Å². The lowest BCUT2D eigenvalue weighted by atomic mass is 10.1. The smallest absolute Gasteiger partial charge is 0.407 e. The number of rotatable bonds is 4. The van der Waals surface area contributed by atoms with E-state index in [0.29, 0.717) is 5.56 Å². The molecule has 1 amide bonds. The van der Waals surface area contributed by atoms with E-state index < -0.39 is 6.09 Å². The first kappa shape index (κ1) is 14.7. The third-order valence-electron chi connectivity index (χ3n) is 3.52. The molecule has 1 fully saturated rings. The van der Waals surface area contributed by atoms with Gasteiger partial charge < -0.3 is 15.8 Å². The summed E-state index contributed by atoms with van der Waals surface area (Å²) in [6, 6.07) is 5.14. The number of benzene rings is 1. The number of nitrogens with zero attached hydrogens (tertiary/aromatic N) is 1. The Morgan fingerprint density at radius 3 is 3.10 bits per heavy atom. The van der Waals surface area contributed by atoms with E-state index in [0.717, 1.165) is 31.6 Å². The monoisotopic (exact) mass is 281 g/mol. The average molecular weight is 281 g/mol. The summed E-state index contributed by atoms with van der Waals surface area (Å²) in [4.78, 5) is 13.4. The third kappa shape index (κ3) is 3.68. The van der Waals surface area contributed by atoms with E-state index in [1.807, 2.05) is 0 Å². The van der Waals surface area contributed by atoms with Crippen molar-refractivity contribution < 1.29 is 13.9 Å². The summed E-state index contributed by atoms with van der Waals surface area (Å²) in [5.74, 6) is -0.261. The lowest BCUT2D eigenvalue weighted by Crippen LogP contribution is -2.36. The van der Waals surface area contributed by atoms with Crippen molar-refractivity contribution in [2.75, 3.05) is 20.2 Å². The van der Waals surface area contributed by atoms with Crippen LogP contribution in [-0.4, -0.2) is 37.2 Å². The molecule has 1 aliphatic heterocycles. The highest BCUT2D eigenvalue weighted by Crippen LogP contribution is 2.16. The molecule has 1 atom stereocenters. The number of nitrogens with two attached hydrogens (primary N) is 1. The molecule has 1 aliphatic rings. The molecule has 0 aromatic heterocycles. The summed E-state index contributed by atoms with van der Waals surface area (Å²) in [5.41, 5.74) is 7.07. The fourth-order valence-corrected chi connectivity index (χ4v) is 2.46. The number of methoxy groups -OCH3 is 1. The number of carbonyl (C=O) groups excluding carboxylic acids is 1. The number of nitrogens with one attached hydrogen (secondary N) is 1. The minimum atomic E-state index is -0.399. The molecule has 20 heavy (non-hydrogen) atoms. The van der Waals surface area contributed by atoms with E-state index in [4.69, 9.17) is 5.73 Å². The van der Waals surface area contributed by atoms with Crippen LogP contribution in [0, 0.1) is 5.82 Å². The van der Waals surface area contributed by atoms with Crippen molar-refractivity contribution in [1.82, 2.24) is 10.2 Å². The van der Waals surface area contributed by atoms with Crippen LogP contribution < -0.4 is 11.1 Å². The van der Waals surface area contributed by atoms with Gasteiger partial charge in [-0.3, -0.25) is 4.90 Å². The van der Waals surface area contributed by atoms with Gasteiger partial charge in [0.05, 0.1) is 7.11 Å². The third-order valence-corrected chi connectivity index (χ3v) is 3.52. The van der Waals surface area contributed by atoms with Gasteiger partial charge in [0, 0.05) is 37.8 Å². The van der Waals surface area contributed by atoms with Crippen molar-refractivity contribution in [2.45, 2.75) is 25.6 Å². The summed E-state index contributed by atoms with van der Waals surface area (Å²) in [5, 5.41) is 2.79. The molecule has 0 bridgehead atoms. The predicted octanol–water partition coefficient (Wildman–Crippen LogP) is 1.21. The molecule has 1 aromatic rings. The summed E-state index contributed by atoms with van der Waals surface area (Å²) in [7, 11) is 1.36. The van der Waals surface area contributed by atoms with E-state index >= 15 is 0 Å². The van der Waals surface area contributed by atoms with Gasteiger partial charge >= 0.3 is 6.09 Å². The fraction of sp³-hybridized carbons (Fsp3) is 0.500. The number of amides is 1. The second-order valence-corrected chi connectivity index (χ2v) is 4.99. The van der Waals surface area contributed by atoms with Crippen LogP contribution in [0.25, 0.3) is 0 Å². The van der Waals surface area contributed by atoms with Crippen molar-refractivity contribution in [3.63, 3.8) is 0 Å². The van der Waals surface area contributed by atoms with Crippen molar-refractivity contribution >= 4 is 6.09 Å². The Hall–Kier alpha value is -1.66. The highest BCUT2D eigenvalue weighted by molar-refractivity contribution is 5.67. The quantitative estimate of drug-likeness (QED) is 0.870. The summed E-state index contributed by atoms with van der Waals surface area (Å²) >= 11 is 0. The maximum Gasteiger partial charge on any atom is 0.407 e. The van der Waals surface area contributed by atoms with Gasteiger partial charge in [0.2, 0.25) is 0 Å². The molecule has 6 heteroatoms. The van der Waals surface area contributed by atoms with Crippen LogP contribution >= 0.6 is 0 Å². The number of likely N-dealkylation sites (tertiary alicyclic amines) is 1. The molecule has 1 saturated heterocycles. The van der Waals surface area contributed by atoms with Gasteiger partial charge in [0.1, 0.15) is 5.82 Å². The largest absolute Gasteiger partial charge is 0.453 e. The van der Waals surface area contributed by atoms with E-state index in [1.165, 1.54) is 13.2 Å². The minimum Gasteiger partial charge on any atom is -0.453 e. The van der Waals surface area contributed by atoms with Crippen molar-refractivity contribution in [3.05, 3.63) is 35.1 Å². The maximum absolute atomic E-state index is 13.4. The molecular formula is C14H20FN3O2. The maximum atomic E-state index is 13.4. The standard InChI is InChI=1S/C14H20FN3O2/c1-20-14(19)17-12-4-5-18(9-12)8-10-2-3-13(15)11(6-10)7-16/h2-3,6,12H,4-5,7-9,16H2,1H3,(H,17,19). The van der Waals surface area contributed by atoms with E-state index in [9.17, 15) is 9.18 Å². The highest BCUT2D eigenvalue weighted by atomic mass is 19.1. The summed E-state index contributed by atoms with van der Waals surface area (Å²) < 4.78 is 18.0. The van der Waals surface area contributed by atoms with Crippen LogP contribution in [0.15, 0.2) is 18.2 Å². The van der Waals surface area contributed by atoms with E-state index in [2.05, 4.69) is 15.0 Å². The number of halogens is 1. The van der Waals surface area contributed by atoms with Crippen molar-refractivity contribution in [1.29, 1.82) is 0 Å². The molecule has 2 rings (SSSR count). The zero-order chi connectivity index (χ0) is 14.5. The molecule has 0 aliphatic carbocycles. The van der Waals surface area contributed by atoms with Crippen molar-refractivity contribution in [2.24, 2.45) is 5.73 Å². The minimum absolute atomic E-state index is 0.108. The second-order valence-electron chi connectivity index (χ2n) is 4.99. The molecule has 110 valence electrons. The van der Waals surface area contributed by atoms with E-state index in [1.54, 1.807) is 12.1 Å². The second kappa shape index (κ2) is 6.67. The first-order chi connectivity index (χ1) is 9.62. The molecule has 0 spiro atoms. The van der Waals surface area contributed by atoms with E-state index in [-0.39, 0.29) is 18.4 Å². The topological polar surface area (TPSA) is 67.6 Å². The number of alkyl carbamates (subject to hydrolysis) is 1. The predicted molar refractivity (Wildman–Crippen MR) is 73.5 cm³/mol. The van der Waals surface area contributed by atoms with Gasteiger partial charge in [-0.1, -0.05) is 12.1 Å². The Labute approximate surface area is 117 Å². The van der Waals surface area contributed by atoms with Gasteiger partial charge in [-0.15, -0.1) is 0 Å². The lowest BCUT2D eigenvalue weighted by Gasteiger charge is -2.17. The van der Waals surface area contributed by atoms with Gasteiger partial charge in [0.15, 0.2) is 0 Å². The zero-order valence-electron chi connectivity index (χ0n) is 11.6. The normalized spacial score (nSPS) is 19.1. The lowest BCUT2D eigenvalue weighted by molar-refractivity contribution is 0.166. The van der Waals surface area contributed by atoms with Gasteiger partial charge in [-0.2, -0.15) is 0 Å². The summed E-state index contributed by atoms with van der Waals surface area (Å²) in [6.07, 6.45) is 0.490. The molecule has 3 N–H and O–H groups in total. The molecule has 5 nitrogen and oxygen atoms in total. The molecule has 0 radical (unpaired) electrons. The SMILES string of the molecule is COC(=O)NC1CCN(Cc2ccc(F)c(CN)c2)C1. The van der Waals surface area contributed by atoms with Crippen LogP contribution in [0.1, 0.15) is 17.5 Å². The average Bonchev–Trinajstić information content (AvgIpc) is 2.88. The zero-order valence-corrected chi connectivity index (χ0v) is 11.6. The molecule has 0 saturated carbocycles. The number of hydrogen-bond donors (Lipinski definition) is 2. The fourth-order valence-electron chi connectivity index (χ4n) is 2.46. The Kier molecular flexibility index (Phi) is 4.92. The van der Waals surface area contributed by atoms with Gasteiger partial charge in [-0.25, -0.2) is 9.18 Å². The first-order valence-electron chi connectivity index (χ1n) is 6.66. The highest BCUT2D eigenvalue weighted by Gasteiger charge is 2.24. The number of hydrogen-bond acceptors (Lipinski definition) is 4. The summed E-state index contributed by atoms with van der Waals surface area (Å²) in [6.45, 7) is 2.59. The van der Waals surface area contributed by atoms with Gasteiger partial charge in [0.25, 0.3) is 0 Å². The molecule has 1 aromatic carbocycles. The first-order valence-corrected chi connectivity index (χ1v) is 6.66. The Morgan fingerprint density at radius 2 is 2.40 bits per heavy atom. The van der Waals surface area contributed by atoms with Crippen LogP contribution in [0.2, 0.25) is 0 Å². The molecular weight excluding hydrogens is 261 g/mol. The Bertz CT molecular complexity index is 481. The van der Waals surface area contributed by atoms with Crippen molar-refractivity contribution in [3.8, 4) is 0 Å². The van der Waals surface area contributed by atoms with Crippen LogP contribution in [0.5, 0.6) is 0 Å². The number of ether oxygens (including phenoxy) is 1. The molecule has 1 heterocycles.